The maximum Gasteiger partial charge on any atom is 0.115 e. The summed E-state index contributed by atoms with van der Waals surface area (Å²) in [7, 11) is 0. The zero-order valence-electron chi connectivity index (χ0n) is 7.82. The van der Waals surface area contributed by atoms with Gasteiger partial charge in [-0.2, -0.15) is 0 Å². The number of likely N-dealkylation sites (tertiary alicyclic amines) is 1. The Morgan fingerprint density at radius 1 is 1.08 bits per heavy atom. The van der Waals surface area contributed by atoms with Crippen LogP contribution in [0.15, 0.2) is 18.7 Å². The van der Waals surface area contributed by atoms with Crippen LogP contribution in [0.2, 0.25) is 0 Å². The highest BCUT2D eigenvalue weighted by Crippen LogP contribution is 2.11. The number of rotatable bonds is 2. The van der Waals surface area contributed by atoms with Crippen LogP contribution < -0.4 is 0 Å². The van der Waals surface area contributed by atoms with Crippen LogP contribution in [-0.2, 0) is 6.54 Å². The second-order valence-corrected chi connectivity index (χ2v) is 3.58. The molecule has 1 fully saturated rings. The molecule has 2 rings (SSSR count). The van der Waals surface area contributed by atoms with Crippen LogP contribution in [0.3, 0.4) is 0 Å². The van der Waals surface area contributed by atoms with Crippen molar-refractivity contribution in [3.63, 3.8) is 0 Å². The lowest BCUT2D eigenvalue weighted by atomic mass is 10.1. The minimum Gasteiger partial charge on any atom is -0.299 e. The largest absolute Gasteiger partial charge is 0.299 e. The summed E-state index contributed by atoms with van der Waals surface area (Å²) in [6.07, 6.45) is 9.46. The number of hydrogen-bond donors (Lipinski definition) is 0. The molecular weight excluding hydrogens is 162 g/mol. The van der Waals surface area contributed by atoms with Crippen molar-refractivity contribution in [3.8, 4) is 0 Å². The van der Waals surface area contributed by atoms with Gasteiger partial charge in [0.25, 0.3) is 0 Å². The number of nitrogens with zero attached hydrogens (tertiary/aromatic N) is 3. The zero-order chi connectivity index (χ0) is 8.93. The molecular formula is C10H15N3. The van der Waals surface area contributed by atoms with Gasteiger partial charge in [0.2, 0.25) is 0 Å². The first-order chi connectivity index (χ1) is 6.45. The molecule has 13 heavy (non-hydrogen) atoms. The molecule has 0 saturated carbocycles. The van der Waals surface area contributed by atoms with Gasteiger partial charge < -0.3 is 0 Å². The molecule has 0 radical (unpaired) electrons. The Morgan fingerprint density at radius 2 is 1.77 bits per heavy atom. The van der Waals surface area contributed by atoms with Crippen molar-refractivity contribution < 1.29 is 0 Å². The van der Waals surface area contributed by atoms with Crippen molar-refractivity contribution in [2.45, 2.75) is 25.8 Å². The summed E-state index contributed by atoms with van der Waals surface area (Å²) < 4.78 is 0. The fraction of sp³-hybridized carbons (Fsp3) is 0.600. The normalized spacial score (nSPS) is 18.8. The van der Waals surface area contributed by atoms with Gasteiger partial charge in [-0.25, -0.2) is 9.97 Å². The molecule has 1 aromatic heterocycles. The molecule has 0 aliphatic carbocycles. The van der Waals surface area contributed by atoms with Gasteiger partial charge in [-0.05, 0) is 25.9 Å². The van der Waals surface area contributed by atoms with E-state index < -0.39 is 0 Å². The Hall–Kier alpha value is -0.960. The summed E-state index contributed by atoms with van der Waals surface area (Å²) in [6.45, 7) is 3.48. The van der Waals surface area contributed by atoms with E-state index >= 15 is 0 Å². The second-order valence-electron chi connectivity index (χ2n) is 3.58. The summed E-state index contributed by atoms with van der Waals surface area (Å²) in [4.78, 5) is 10.5. The Morgan fingerprint density at radius 3 is 2.46 bits per heavy atom. The maximum absolute atomic E-state index is 4.01. The van der Waals surface area contributed by atoms with E-state index in [0.29, 0.717) is 0 Å². The molecule has 3 heteroatoms. The fourth-order valence-electron chi connectivity index (χ4n) is 1.79. The molecule has 0 N–H and O–H groups in total. The molecule has 0 bridgehead atoms. The lowest BCUT2D eigenvalue weighted by Crippen LogP contribution is -2.29. The molecule has 0 atom stereocenters. The third-order valence-corrected chi connectivity index (χ3v) is 2.47. The first-order valence-corrected chi connectivity index (χ1v) is 4.91. The van der Waals surface area contributed by atoms with Crippen molar-refractivity contribution in [2.75, 3.05) is 13.1 Å². The van der Waals surface area contributed by atoms with Gasteiger partial charge in [0.1, 0.15) is 6.33 Å². The maximum atomic E-state index is 4.01. The SMILES string of the molecule is c1ncc(CN2CCCCC2)cn1. The van der Waals surface area contributed by atoms with Crippen molar-refractivity contribution in [1.82, 2.24) is 14.9 Å². The monoisotopic (exact) mass is 177 g/mol. The minimum atomic E-state index is 1.01. The first kappa shape index (κ1) is 8.63. The summed E-state index contributed by atoms with van der Waals surface area (Å²) in [5.41, 5.74) is 1.23. The van der Waals surface area contributed by atoms with Crippen LogP contribution >= 0.6 is 0 Å². The Labute approximate surface area is 78.8 Å². The van der Waals surface area contributed by atoms with Crippen molar-refractivity contribution >= 4 is 0 Å². The fourth-order valence-corrected chi connectivity index (χ4v) is 1.79. The highest BCUT2D eigenvalue weighted by molar-refractivity contribution is 5.01. The second kappa shape index (κ2) is 4.33. The quantitative estimate of drug-likeness (QED) is 0.685. The lowest BCUT2D eigenvalue weighted by molar-refractivity contribution is 0.220. The van der Waals surface area contributed by atoms with Gasteiger partial charge in [-0.15, -0.1) is 0 Å². The molecule has 1 aromatic rings. The third kappa shape index (κ3) is 2.49. The Balaban J connectivity index is 1.90. The summed E-state index contributed by atoms with van der Waals surface area (Å²) in [5, 5.41) is 0. The van der Waals surface area contributed by atoms with Gasteiger partial charge >= 0.3 is 0 Å². The van der Waals surface area contributed by atoms with E-state index in [2.05, 4.69) is 14.9 Å². The molecule has 0 aromatic carbocycles. The van der Waals surface area contributed by atoms with Crippen molar-refractivity contribution in [2.24, 2.45) is 0 Å². The van der Waals surface area contributed by atoms with Crippen molar-refractivity contribution in [1.29, 1.82) is 0 Å². The molecule has 2 heterocycles. The summed E-state index contributed by atoms with van der Waals surface area (Å²) in [6, 6.07) is 0. The highest BCUT2D eigenvalue weighted by atomic mass is 15.1. The van der Waals surface area contributed by atoms with Gasteiger partial charge in [0, 0.05) is 24.5 Å². The third-order valence-electron chi connectivity index (χ3n) is 2.47. The average molecular weight is 177 g/mol. The topological polar surface area (TPSA) is 29.0 Å². The van der Waals surface area contributed by atoms with Gasteiger partial charge in [0.15, 0.2) is 0 Å². The number of piperidine rings is 1. The van der Waals surface area contributed by atoms with Gasteiger partial charge in [-0.3, -0.25) is 4.90 Å². The Kier molecular flexibility index (Phi) is 2.87. The van der Waals surface area contributed by atoms with Crippen LogP contribution in [0.5, 0.6) is 0 Å². The predicted molar refractivity (Wildman–Crippen MR) is 51.2 cm³/mol. The minimum absolute atomic E-state index is 1.01. The van der Waals surface area contributed by atoms with Crippen LogP contribution in [0.25, 0.3) is 0 Å². The highest BCUT2D eigenvalue weighted by Gasteiger charge is 2.09. The molecule has 70 valence electrons. The van der Waals surface area contributed by atoms with Crippen LogP contribution in [-0.4, -0.2) is 28.0 Å². The molecule has 1 saturated heterocycles. The van der Waals surface area contributed by atoms with Crippen LogP contribution in [0.4, 0.5) is 0 Å². The zero-order valence-corrected chi connectivity index (χ0v) is 7.82. The summed E-state index contributed by atoms with van der Waals surface area (Å²) in [5.74, 6) is 0. The van der Waals surface area contributed by atoms with E-state index in [0.717, 1.165) is 6.54 Å². The summed E-state index contributed by atoms with van der Waals surface area (Å²) >= 11 is 0. The van der Waals surface area contributed by atoms with E-state index in [1.54, 1.807) is 6.33 Å². The van der Waals surface area contributed by atoms with Crippen LogP contribution in [0.1, 0.15) is 24.8 Å². The van der Waals surface area contributed by atoms with Gasteiger partial charge in [-0.1, -0.05) is 6.42 Å². The van der Waals surface area contributed by atoms with Crippen molar-refractivity contribution in [3.05, 3.63) is 24.3 Å². The van der Waals surface area contributed by atoms with E-state index in [9.17, 15) is 0 Å². The molecule has 0 unspecified atom stereocenters. The van der Waals surface area contributed by atoms with E-state index in [1.807, 2.05) is 12.4 Å². The average Bonchev–Trinajstić information content (AvgIpc) is 2.21. The van der Waals surface area contributed by atoms with Gasteiger partial charge in [0.05, 0.1) is 0 Å². The number of hydrogen-bond acceptors (Lipinski definition) is 3. The van der Waals surface area contributed by atoms with E-state index in [1.165, 1.54) is 37.9 Å². The molecule has 1 aliphatic heterocycles. The van der Waals surface area contributed by atoms with Crippen LogP contribution in [0, 0.1) is 0 Å². The number of aromatic nitrogens is 2. The Bertz CT molecular complexity index is 242. The van der Waals surface area contributed by atoms with E-state index in [4.69, 9.17) is 0 Å². The molecule has 1 aliphatic rings. The standard InChI is InChI=1S/C10H15N3/c1-2-4-13(5-3-1)8-10-6-11-9-12-7-10/h6-7,9H,1-5,8H2. The first-order valence-electron chi connectivity index (χ1n) is 4.91. The molecule has 0 amide bonds. The van der Waals surface area contributed by atoms with E-state index in [-0.39, 0.29) is 0 Å². The lowest BCUT2D eigenvalue weighted by Gasteiger charge is -2.25. The predicted octanol–water partition coefficient (Wildman–Crippen LogP) is 1.46. The smallest absolute Gasteiger partial charge is 0.115 e. The molecule has 0 spiro atoms. The molecule has 3 nitrogen and oxygen atoms in total.